The summed E-state index contributed by atoms with van der Waals surface area (Å²) >= 11 is 0. The number of rotatable bonds is 2. The first-order chi connectivity index (χ1) is 9.65. The molecule has 3 heterocycles. The lowest BCUT2D eigenvalue weighted by Gasteiger charge is -2.20. The van der Waals surface area contributed by atoms with Gasteiger partial charge < -0.3 is 10.6 Å². The summed E-state index contributed by atoms with van der Waals surface area (Å²) in [6, 6.07) is 0.227. The van der Waals surface area contributed by atoms with Gasteiger partial charge in [0.05, 0.1) is 6.20 Å². The van der Waals surface area contributed by atoms with Crippen LogP contribution in [0.5, 0.6) is 0 Å². The Kier molecular flexibility index (Phi) is 3.31. The maximum Gasteiger partial charge on any atom is 0.182 e. The predicted octanol–water partition coefficient (Wildman–Crippen LogP) is 1.09. The van der Waals surface area contributed by atoms with Gasteiger partial charge in [-0.25, -0.2) is 15.0 Å². The zero-order valence-electron chi connectivity index (χ0n) is 11.7. The van der Waals surface area contributed by atoms with Crippen LogP contribution in [0.3, 0.4) is 0 Å². The summed E-state index contributed by atoms with van der Waals surface area (Å²) < 4.78 is 0. The van der Waals surface area contributed by atoms with Crippen LogP contribution in [-0.2, 0) is 0 Å². The lowest BCUT2D eigenvalue weighted by atomic mass is 10.2. The van der Waals surface area contributed by atoms with E-state index in [0.717, 1.165) is 36.6 Å². The molecule has 2 aromatic rings. The molecule has 0 spiro atoms. The summed E-state index contributed by atoms with van der Waals surface area (Å²) in [6.07, 6.45) is 5.98. The largest absolute Gasteiger partial charge is 0.355 e. The van der Waals surface area contributed by atoms with E-state index in [4.69, 9.17) is 5.73 Å². The molecule has 6 heteroatoms. The monoisotopic (exact) mass is 270 g/mol. The Hall–Kier alpha value is -2.08. The van der Waals surface area contributed by atoms with Crippen molar-refractivity contribution in [1.29, 1.82) is 0 Å². The van der Waals surface area contributed by atoms with Crippen molar-refractivity contribution in [2.24, 2.45) is 5.73 Å². The molecule has 0 radical (unpaired) electrons. The Balaban J connectivity index is 2.04. The standard InChI is InChI=1S/C14H18N6/c1-9-10(2)18-13(12-7-16-4-5-17-12)19-14(9)20-6-3-11(15)8-20/h4-5,7,11H,3,6,8,15H2,1-2H3. The summed E-state index contributed by atoms with van der Waals surface area (Å²) in [5, 5.41) is 0. The van der Waals surface area contributed by atoms with E-state index in [1.165, 1.54) is 0 Å². The highest BCUT2D eigenvalue weighted by molar-refractivity contribution is 5.57. The van der Waals surface area contributed by atoms with Crippen molar-refractivity contribution >= 4 is 5.82 Å². The molecular weight excluding hydrogens is 252 g/mol. The molecule has 1 saturated heterocycles. The van der Waals surface area contributed by atoms with Gasteiger partial charge in [-0.3, -0.25) is 4.98 Å². The molecule has 0 aromatic carbocycles. The first-order valence-electron chi connectivity index (χ1n) is 6.77. The maximum atomic E-state index is 5.99. The molecule has 0 bridgehead atoms. The average molecular weight is 270 g/mol. The van der Waals surface area contributed by atoms with E-state index >= 15 is 0 Å². The normalized spacial score (nSPS) is 18.6. The number of hydrogen-bond donors (Lipinski definition) is 1. The average Bonchev–Trinajstić information content (AvgIpc) is 2.89. The summed E-state index contributed by atoms with van der Waals surface area (Å²) in [4.78, 5) is 19.8. The summed E-state index contributed by atoms with van der Waals surface area (Å²) in [6.45, 7) is 5.83. The highest BCUT2D eigenvalue weighted by atomic mass is 15.2. The zero-order chi connectivity index (χ0) is 14.1. The molecule has 1 fully saturated rings. The molecule has 0 amide bonds. The molecule has 0 aliphatic carbocycles. The second-order valence-corrected chi connectivity index (χ2v) is 5.17. The third-order valence-corrected chi connectivity index (χ3v) is 3.68. The Morgan fingerprint density at radius 1 is 1.25 bits per heavy atom. The number of nitrogens with two attached hydrogens (primary N) is 1. The molecular formula is C14H18N6. The van der Waals surface area contributed by atoms with Gasteiger partial charge in [-0.05, 0) is 20.3 Å². The number of anilines is 1. The van der Waals surface area contributed by atoms with Gasteiger partial charge in [0.25, 0.3) is 0 Å². The van der Waals surface area contributed by atoms with Gasteiger partial charge in [0.15, 0.2) is 5.82 Å². The number of nitrogens with zero attached hydrogens (tertiary/aromatic N) is 5. The molecule has 104 valence electrons. The van der Waals surface area contributed by atoms with Crippen molar-refractivity contribution < 1.29 is 0 Å². The fourth-order valence-electron chi connectivity index (χ4n) is 2.43. The molecule has 20 heavy (non-hydrogen) atoms. The van der Waals surface area contributed by atoms with Gasteiger partial charge >= 0.3 is 0 Å². The summed E-state index contributed by atoms with van der Waals surface area (Å²) in [7, 11) is 0. The van der Waals surface area contributed by atoms with Crippen molar-refractivity contribution in [3.63, 3.8) is 0 Å². The lowest BCUT2D eigenvalue weighted by molar-refractivity contribution is 0.751. The molecule has 1 unspecified atom stereocenters. The fourth-order valence-corrected chi connectivity index (χ4v) is 2.43. The fraction of sp³-hybridized carbons (Fsp3) is 0.429. The molecule has 0 saturated carbocycles. The number of hydrogen-bond acceptors (Lipinski definition) is 6. The molecule has 1 aliphatic rings. The third-order valence-electron chi connectivity index (χ3n) is 3.68. The Morgan fingerprint density at radius 2 is 2.10 bits per heavy atom. The van der Waals surface area contributed by atoms with Gasteiger partial charge in [-0.1, -0.05) is 0 Å². The van der Waals surface area contributed by atoms with E-state index in [0.29, 0.717) is 11.5 Å². The van der Waals surface area contributed by atoms with E-state index in [2.05, 4.69) is 31.8 Å². The summed E-state index contributed by atoms with van der Waals surface area (Å²) in [5.74, 6) is 1.59. The SMILES string of the molecule is Cc1nc(-c2cnccn2)nc(N2CCC(N)C2)c1C. The Morgan fingerprint density at radius 3 is 2.75 bits per heavy atom. The van der Waals surface area contributed by atoms with E-state index in [9.17, 15) is 0 Å². The van der Waals surface area contributed by atoms with Crippen LogP contribution in [0.2, 0.25) is 0 Å². The van der Waals surface area contributed by atoms with Crippen molar-refractivity contribution in [3.05, 3.63) is 29.8 Å². The zero-order valence-corrected chi connectivity index (χ0v) is 11.7. The molecule has 2 aromatic heterocycles. The molecule has 2 N–H and O–H groups in total. The predicted molar refractivity (Wildman–Crippen MR) is 77.3 cm³/mol. The number of aromatic nitrogens is 4. The lowest BCUT2D eigenvalue weighted by Crippen LogP contribution is -2.27. The van der Waals surface area contributed by atoms with Crippen LogP contribution in [0.4, 0.5) is 5.82 Å². The quantitative estimate of drug-likeness (QED) is 0.879. The summed E-state index contributed by atoms with van der Waals surface area (Å²) in [5.41, 5.74) is 8.76. The van der Waals surface area contributed by atoms with Crippen LogP contribution in [-0.4, -0.2) is 39.1 Å². The van der Waals surface area contributed by atoms with E-state index < -0.39 is 0 Å². The smallest absolute Gasteiger partial charge is 0.182 e. The minimum atomic E-state index is 0.227. The topological polar surface area (TPSA) is 80.8 Å². The van der Waals surface area contributed by atoms with Gasteiger partial charge in [0.2, 0.25) is 0 Å². The minimum Gasteiger partial charge on any atom is -0.355 e. The Labute approximate surface area is 118 Å². The Bertz CT molecular complexity index is 613. The second-order valence-electron chi connectivity index (χ2n) is 5.17. The minimum absolute atomic E-state index is 0.227. The van der Waals surface area contributed by atoms with Gasteiger partial charge in [0.1, 0.15) is 11.5 Å². The van der Waals surface area contributed by atoms with Crippen LogP contribution >= 0.6 is 0 Å². The highest BCUT2D eigenvalue weighted by Crippen LogP contribution is 2.25. The van der Waals surface area contributed by atoms with Crippen molar-refractivity contribution in [3.8, 4) is 11.5 Å². The van der Waals surface area contributed by atoms with Crippen molar-refractivity contribution in [2.45, 2.75) is 26.3 Å². The third kappa shape index (κ3) is 2.34. The molecule has 1 atom stereocenters. The van der Waals surface area contributed by atoms with Crippen LogP contribution in [0.1, 0.15) is 17.7 Å². The van der Waals surface area contributed by atoms with Crippen LogP contribution in [0.25, 0.3) is 11.5 Å². The molecule has 1 aliphatic heterocycles. The van der Waals surface area contributed by atoms with Crippen LogP contribution in [0.15, 0.2) is 18.6 Å². The van der Waals surface area contributed by atoms with Gasteiger partial charge in [0, 0.05) is 42.8 Å². The van der Waals surface area contributed by atoms with Crippen LogP contribution in [0, 0.1) is 13.8 Å². The van der Waals surface area contributed by atoms with E-state index in [1.54, 1.807) is 18.6 Å². The van der Waals surface area contributed by atoms with Crippen molar-refractivity contribution in [2.75, 3.05) is 18.0 Å². The highest BCUT2D eigenvalue weighted by Gasteiger charge is 2.23. The first-order valence-corrected chi connectivity index (χ1v) is 6.77. The molecule has 3 rings (SSSR count). The maximum absolute atomic E-state index is 5.99. The van der Waals surface area contributed by atoms with Crippen LogP contribution < -0.4 is 10.6 Å². The second kappa shape index (κ2) is 5.13. The number of aryl methyl sites for hydroxylation is 1. The van der Waals surface area contributed by atoms with E-state index in [1.807, 2.05) is 6.92 Å². The molecule has 6 nitrogen and oxygen atoms in total. The first kappa shape index (κ1) is 12.9. The van der Waals surface area contributed by atoms with Gasteiger partial charge in [-0.15, -0.1) is 0 Å². The van der Waals surface area contributed by atoms with Gasteiger partial charge in [-0.2, -0.15) is 0 Å². The van der Waals surface area contributed by atoms with E-state index in [-0.39, 0.29) is 6.04 Å². The van der Waals surface area contributed by atoms with Crippen molar-refractivity contribution in [1.82, 2.24) is 19.9 Å².